The zero-order valence-electron chi connectivity index (χ0n) is 16.8. The van der Waals surface area contributed by atoms with E-state index in [4.69, 9.17) is 16.0 Å². The maximum absolute atomic E-state index is 13.0. The van der Waals surface area contributed by atoms with Gasteiger partial charge in [-0.15, -0.1) is 10.2 Å². The predicted octanol–water partition coefficient (Wildman–Crippen LogP) is 5.44. The lowest BCUT2D eigenvalue weighted by atomic mass is 10.1. The Balaban J connectivity index is 1.49. The number of rotatable bonds is 6. The van der Waals surface area contributed by atoms with Crippen LogP contribution in [-0.2, 0) is 12.3 Å². The summed E-state index contributed by atoms with van der Waals surface area (Å²) < 4.78 is 7.35. The average Bonchev–Trinajstić information content (AvgIpc) is 3.29. The van der Waals surface area contributed by atoms with Gasteiger partial charge in [0.1, 0.15) is 0 Å². The van der Waals surface area contributed by atoms with E-state index in [0.717, 1.165) is 11.1 Å². The van der Waals surface area contributed by atoms with Gasteiger partial charge in [-0.3, -0.25) is 4.79 Å². The van der Waals surface area contributed by atoms with E-state index in [1.165, 1.54) is 16.4 Å². The fourth-order valence-corrected chi connectivity index (χ4v) is 4.31. The first-order valence-corrected chi connectivity index (χ1v) is 11.3. The fourth-order valence-electron chi connectivity index (χ4n) is 3.39. The van der Waals surface area contributed by atoms with Crippen LogP contribution in [0.5, 0.6) is 0 Å². The van der Waals surface area contributed by atoms with Crippen molar-refractivity contribution in [3.8, 4) is 11.6 Å². The van der Waals surface area contributed by atoms with Gasteiger partial charge in [-0.2, -0.15) is 5.10 Å². The largest absolute Gasteiger partial charge is 0.409 e. The van der Waals surface area contributed by atoms with E-state index >= 15 is 0 Å². The molecule has 0 bridgehead atoms. The maximum Gasteiger partial charge on any atom is 0.277 e. The van der Waals surface area contributed by atoms with Crippen LogP contribution in [0.25, 0.3) is 22.4 Å². The minimum Gasteiger partial charge on any atom is -0.409 e. The van der Waals surface area contributed by atoms with Gasteiger partial charge < -0.3 is 4.42 Å². The third-order valence-electron chi connectivity index (χ3n) is 4.90. The van der Waals surface area contributed by atoms with Gasteiger partial charge in [0.15, 0.2) is 5.69 Å². The first-order chi connectivity index (χ1) is 15.7. The molecule has 0 unspecified atom stereocenters. The average molecular weight is 461 g/mol. The van der Waals surface area contributed by atoms with Crippen LogP contribution in [0.4, 0.5) is 0 Å². The molecule has 0 fully saturated rings. The molecule has 0 saturated carbocycles. The summed E-state index contributed by atoms with van der Waals surface area (Å²) in [5, 5.41) is 15.3. The lowest BCUT2D eigenvalue weighted by Gasteiger charge is -2.09. The van der Waals surface area contributed by atoms with E-state index in [0.29, 0.717) is 39.0 Å². The number of nitrogens with zero attached hydrogens (tertiary/aromatic N) is 4. The molecule has 0 aliphatic rings. The Morgan fingerprint density at radius 1 is 0.875 bits per heavy atom. The first kappa shape index (κ1) is 20.5. The molecule has 0 saturated heterocycles. The van der Waals surface area contributed by atoms with Crippen LogP contribution < -0.4 is 5.56 Å². The van der Waals surface area contributed by atoms with E-state index in [9.17, 15) is 4.79 Å². The summed E-state index contributed by atoms with van der Waals surface area (Å²) in [6.45, 7) is 0.349. The predicted molar refractivity (Wildman–Crippen MR) is 126 cm³/mol. The van der Waals surface area contributed by atoms with Gasteiger partial charge in [-0.05, 0) is 29.3 Å². The van der Waals surface area contributed by atoms with Crippen LogP contribution in [-0.4, -0.2) is 20.0 Å². The number of benzene rings is 3. The molecule has 0 atom stereocenters. The standard InChI is InChI=1S/C24H17ClN4O2S/c25-18-10-6-9-17(13-18)15-32-24-27-26-22(31-24)21-19-11-4-5-12-20(19)23(30)29(28-21)14-16-7-2-1-3-8-16/h1-13H,14-15H2. The molecule has 0 aliphatic carbocycles. The SMILES string of the molecule is O=c1c2ccccc2c(-c2nnc(SCc3cccc(Cl)c3)o2)nn1Cc1ccccc1. The molecule has 0 radical (unpaired) electrons. The van der Waals surface area contributed by atoms with Crippen molar-refractivity contribution >= 4 is 34.1 Å². The van der Waals surface area contributed by atoms with Crippen LogP contribution >= 0.6 is 23.4 Å². The quantitative estimate of drug-likeness (QED) is 0.314. The minimum absolute atomic E-state index is 0.164. The Labute approximate surface area is 192 Å². The highest BCUT2D eigenvalue weighted by Gasteiger charge is 2.18. The van der Waals surface area contributed by atoms with Crippen molar-refractivity contribution in [2.45, 2.75) is 17.5 Å². The van der Waals surface area contributed by atoms with Crippen LogP contribution in [0.15, 0.2) is 93.3 Å². The fraction of sp³-hybridized carbons (Fsp3) is 0.0833. The highest BCUT2D eigenvalue weighted by molar-refractivity contribution is 7.98. The molecule has 0 amide bonds. The third kappa shape index (κ3) is 4.30. The molecule has 0 N–H and O–H groups in total. The topological polar surface area (TPSA) is 73.8 Å². The second kappa shape index (κ2) is 8.98. The Kier molecular flexibility index (Phi) is 5.75. The van der Waals surface area contributed by atoms with E-state index < -0.39 is 0 Å². The van der Waals surface area contributed by atoms with Crippen LogP contribution in [0.2, 0.25) is 5.02 Å². The summed E-state index contributed by atoms with van der Waals surface area (Å²) in [5.74, 6) is 0.917. The Hall–Kier alpha value is -3.42. The molecular formula is C24H17ClN4O2S. The molecule has 5 aromatic rings. The number of hydrogen-bond donors (Lipinski definition) is 0. The van der Waals surface area contributed by atoms with Crippen molar-refractivity contribution in [3.63, 3.8) is 0 Å². The van der Waals surface area contributed by atoms with Crippen LogP contribution in [0.1, 0.15) is 11.1 Å². The Morgan fingerprint density at radius 2 is 1.62 bits per heavy atom. The van der Waals surface area contributed by atoms with Crippen molar-refractivity contribution in [1.82, 2.24) is 20.0 Å². The van der Waals surface area contributed by atoms with Crippen molar-refractivity contribution in [2.24, 2.45) is 0 Å². The molecule has 6 nitrogen and oxygen atoms in total. The van der Waals surface area contributed by atoms with Crippen LogP contribution in [0, 0.1) is 0 Å². The molecule has 5 rings (SSSR count). The molecule has 0 spiro atoms. The van der Waals surface area contributed by atoms with E-state index in [1.54, 1.807) is 6.07 Å². The zero-order chi connectivity index (χ0) is 21.9. The number of fused-ring (bicyclic) bond motifs is 1. The highest BCUT2D eigenvalue weighted by atomic mass is 35.5. The Morgan fingerprint density at radius 3 is 2.44 bits per heavy atom. The highest BCUT2D eigenvalue weighted by Crippen LogP contribution is 2.28. The molecule has 32 heavy (non-hydrogen) atoms. The van der Waals surface area contributed by atoms with E-state index in [2.05, 4.69) is 15.3 Å². The maximum atomic E-state index is 13.0. The number of thioether (sulfide) groups is 1. The van der Waals surface area contributed by atoms with Gasteiger partial charge in [0.05, 0.1) is 11.9 Å². The monoisotopic (exact) mass is 460 g/mol. The van der Waals surface area contributed by atoms with Gasteiger partial charge in [-0.25, -0.2) is 4.68 Å². The first-order valence-electron chi connectivity index (χ1n) is 9.92. The third-order valence-corrected chi connectivity index (χ3v) is 6.03. The van der Waals surface area contributed by atoms with Crippen molar-refractivity contribution in [3.05, 3.63) is 105 Å². The van der Waals surface area contributed by atoms with Crippen molar-refractivity contribution < 1.29 is 4.42 Å². The molecule has 2 aromatic heterocycles. The van der Waals surface area contributed by atoms with Crippen molar-refractivity contribution in [1.29, 1.82) is 0 Å². The number of halogens is 1. The molecule has 0 aliphatic heterocycles. The number of aromatic nitrogens is 4. The summed E-state index contributed by atoms with van der Waals surface area (Å²) in [6.07, 6.45) is 0. The normalized spacial score (nSPS) is 11.2. The summed E-state index contributed by atoms with van der Waals surface area (Å²) in [4.78, 5) is 13.0. The van der Waals surface area contributed by atoms with Gasteiger partial charge in [0, 0.05) is 16.2 Å². The molecule has 8 heteroatoms. The molecule has 2 heterocycles. The zero-order valence-corrected chi connectivity index (χ0v) is 18.4. The van der Waals surface area contributed by atoms with Gasteiger partial charge >= 0.3 is 0 Å². The lowest BCUT2D eigenvalue weighted by Crippen LogP contribution is -2.24. The van der Waals surface area contributed by atoms with Crippen molar-refractivity contribution in [2.75, 3.05) is 0 Å². The van der Waals surface area contributed by atoms with E-state index in [-0.39, 0.29) is 11.4 Å². The summed E-state index contributed by atoms with van der Waals surface area (Å²) >= 11 is 7.47. The number of hydrogen-bond acceptors (Lipinski definition) is 6. The van der Waals surface area contributed by atoms with Gasteiger partial charge in [-0.1, -0.05) is 84.0 Å². The van der Waals surface area contributed by atoms with Gasteiger partial charge in [0.2, 0.25) is 0 Å². The lowest BCUT2D eigenvalue weighted by molar-refractivity contribution is 0.462. The van der Waals surface area contributed by atoms with Crippen LogP contribution in [0.3, 0.4) is 0 Å². The molecule has 3 aromatic carbocycles. The second-order valence-electron chi connectivity index (χ2n) is 7.13. The smallest absolute Gasteiger partial charge is 0.277 e. The summed E-state index contributed by atoms with van der Waals surface area (Å²) in [6, 6.07) is 24.7. The minimum atomic E-state index is -0.164. The van der Waals surface area contributed by atoms with Gasteiger partial charge in [0.25, 0.3) is 16.7 Å². The molecular weight excluding hydrogens is 444 g/mol. The Bertz CT molecular complexity index is 1450. The second-order valence-corrected chi connectivity index (χ2v) is 8.50. The molecule has 158 valence electrons. The van der Waals surface area contributed by atoms with E-state index in [1.807, 2.05) is 72.8 Å². The summed E-state index contributed by atoms with van der Waals surface area (Å²) in [7, 11) is 0. The summed E-state index contributed by atoms with van der Waals surface area (Å²) in [5.41, 5.74) is 2.36.